The van der Waals surface area contributed by atoms with Crippen molar-refractivity contribution in [2.24, 2.45) is 0 Å². The number of nitrogens with one attached hydrogen (secondary N) is 2. The van der Waals surface area contributed by atoms with Gasteiger partial charge in [-0.15, -0.1) is 0 Å². The normalized spacial score (nSPS) is 16.6. The Morgan fingerprint density at radius 1 is 1.11 bits per heavy atom. The molecule has 11 nitrogen and oxygen atoms in total. The van der Waals surface area contributed by atoms with Gasteiger partial charge in [-0.25, -0.2) is 19.6 Å². The molecule has 3 aromatic rings. The number of benzene rings is 2. The first-order valence-electron chi connectivity index (χ1n) is 12.5. The number of fused-ring (bicyclic) bond motifs is 1. The summed E-state index contributed by atoms with van der Waals surface area (Å²) in [5.74, 6) is 1.41. The Balaban J connectivity index is 1.38. The molecule has 0 saturated carbocycles. The molecule has 1 atom stereocenters. The Morgan fingerprint density at radius 2 is 1.89 bits per heavy atom. The third-order valence-corrected chi connectivity index (χ3v) is 6.43. The minimum atomic E-state index is -0.431. The van der Waals surface area contributed by atoms with Crippen LogP contribution in [0.5, 0.6) is 5.75 Å². The summed E-state index contributed by atoms with van der Waals surface area (Å²) in [6.45, 7) is 6.83. The van der Waals surface area contributed by atoms with E-state index in [0.717, 1.165) is 22.6 Å². The quantitative estimate of drug-likeness (QED) is 0.459. The molecule has 2 aliphatic heterocycles. The van der Waals surface area contributed by atoms with Crippen molar-refractivity contribution in [3.05, 3.63) is 59.8 Å². The number of urea groups is 1. The predicted octanol–water partition coefficient (Wildman–Crippen LogP) is 4.19. The molecule has 11 heteroatoms. The van der Waals surface area contributed by atoms with Gasteiger partial charge in [0, 0.05) is 35.1 Å². The molecule has 0 radical (unpaired) electrons. The minimum absolute atomic E-state index is 0.0673. The fourth-order valence-electron chi connectivity index (χ4n) is 4.57. The average Bonchev–Trinajstić information content (AvgIpc) is 3.34. The number of carbonyl (C=O) groups excluding carboxylic acids is 2. The molecule has 38 heavy (non-hydrogen) atoms. The first-order valence-corrected chi connectivity index (χ1v) is 12.5. The Labute approximate surface area is 220 Å². The summed E-state index contributed by atoms with van der Waals surface area (Å²) >= 11 is 0. The molecule has 1 fully saturated rings. The minimum Gasteiger partial charge on any atom is -0.508 e. The Morgan fingerprint density at radius 3 is 2.63 bits per heavy atom. The maximum atomic E-state index is 12.4. The number of morpholine rings is 1. The summed E-state index contributed by atoms with van der Waals surface area (Å²) < 4.78 is 10.8. The van der Waals surface area contributed by atoms with Crippen molar-refractivity contribution in [1.82, 2.24) is 14.9 Å². The van der Waals surface area contributed by atoms with Crippen molar-refractivity contribution in [3.63, 3.8) is 0 Å². The van der Waals surface area contributed by atoms with E-state index in [4.69, 9.17) is 19.4 Å². The van der Waals surface area contributed by atoms with Crippen LogP contribution in [0.2, 0.25) is 0 Å². The molecule has 3 amide bonds. The van der Waals surface area contributed by atoms with Crippen LogP contribution in [0.3, 0.4) is 0 Å². The number of anilines is 3. The first-order chi connectivity index (χ1) is 18.4. The van der Waals surface area contributed by atoms with Gasteiger partial charge in [0.2, 0.25) is 0 Å². The molecule has 198 valence electrons. The molecule has 0 spiro atoms. The molecular weight excluding hydrogens is 488 g/mol. The zero-order chi connectivity index (χ0) is 26.6. The second kappa shape index (κ2) is 10.9. The highest BCUT2D eigenvalue weighted by Crippen LogP contribution is 2.34. The van der Waals surface area contributed by atoms with Gasteiger partial charge in [0.1, 0.15) is 11.6 Å². The molecule has 1 saturated heterocycles. The van der Waals surface area contributed by atoms with E-state index in [0.29, 0.717) is 56.7 Å². The van der Waals surface area contributed by atoms with Crippen LogP contribution in [0.25, 0.3) is 11.4 Å². The largest absolute Gasteiger partial charge is 0.508 e. The number of hydrogen-bond donors (Lipinski definition) is 3. The molecule has 0 bridgehead atoms. The highest BCUT2D eigenvalue weighted by molar-refractivity contribution is 5.99. The second-order valence-corrected chi connectivity index (χ2v) is 9.18. The summed E-state index contributed by atoms with van der Waals surface area (Å²) in [5, 5.41) is 15.0. The lowest BCUT2D eigenvalue weighted by Crippen LogP contribution is -2.44. The van der Waals surface area contributed by atoms with Gasteiger partial charge >= 0.3 is 12.1 Å². The average molecular weight is 519 g/mol. The zero-order valence-corrected chi connectivity index (χ0v) is 21.3. The van der Waals surface area contributed by atoms with E-state index in [-0.39, 0.29) is 17.9 Å². The van der Waals surface area contributed by atoms with Crippen molar-refractivity contribution < 1.29 is 24.2 Å². The van der Waals surface area contributed by atoms with Crippen LogP contribution >= 0.6 is 0 Å². The molecule has 3 heterocycles. The van der Waals surface area contributed by atoms with Crippen molar-refractivity contribution in [2.75, 3.05) is 41.9 Å². The van der Waals surface area contributed by atoms with Crippen LogP contribution < -0.4 is 15.5 Å². The van der Waals surface area contributed by atoms with Gasteiger partial charge in [0.05, 0.1) is 44.6 Å². The SMILES string of the molecule is CCOC(=O)N1Cc2nc(-c3ccc(NC(=O)Nc4cccc(O)c4)cc3)nc(N3CCOCC3C)c2C1. The number of nitrogens with zero attached hydrogens (tertiary/aromatic N) is 4. The number of aromatic hydroxyl groups is 1. The first kappa shape index (κ1) is 25.3. The molecule has 1 aromatic heterocycles. The van der Waals surface area contributed by atoms with Gasteiger partial charge in [-0.3, -0.25) is 4.90 Å². The molecule has 3 N–H and O–H groups in total. The van der Waals surface area contributed by atoms with E-state index >= 15 is 0 Å². The molecule has 2 aromatic carbocycles. The van der Waals surface area contributed by atoms with Gasteiger partial charge < -0.3 is 30.1 Å². The number of phenols is 1. The molecule has 1 unspecified atom stereocenters. The number of hydrogen-bond acceptors (Lipinski definition) is 8. The Bertz CT molecular complexity index is 1330. The highest BCUT2D eigenvalue weighted by atomic mass is 16.6. The molecule has 2 aliphatic rings. The van der Waals surface area contributed by atoms with Crippen LogP contribution in [0.1, 0.15) is 25.1 Å². The van der Waals surface area contributed by atoms with E-state index in [2.05, 4.69) is 22.5 Å². The van der Waals surface area contributed by atoms with Crippen LogP contribution in [-0.4, -0.2) is 64.5 Å². The van der Waals surface area contributed by atoms with Crippen molar-refractivity contribution in [1.29, 1.82) is 0 Å². The lowest BCUT2D eigenvalue weighted by molar-refractivity contribution is 0.0980. The maximum absolute atomic E-state index is 12.4. The monoisotopic (exact) mass is 518 g/mol. The van der Waals surface area contributed by atoms with Crippen molar-refractivity contribution >= 4 is 29.3 Å². The van der Waals surface area contributed by atoms with Crippen molar-refractivity contribution in [3.8, 4) is 17.1 Å². The third kappa shape index (κ3) is 5.47. The number of rotatable bonds is 5. The number of amides is 3. The summed E-state index contributed by atoms with van der Waals surface area (Å²) in [5.41, 5.74) is 3.57. The standard InChI is InChI=1S/C27H30N6O5/c1-3-38-27(36)32-14-22-23(15-32)30-24(31-25(22)33-11-12-37-16-17(33)2)18-7-9-19(10-8-18)28-26(35)29-20-5-4-6-21(34)13-20/h4-10,13,17,34H,3,11-12,14-16H2,1-2H3,(H2,28,29,35). The molecular formula is C27H30N6O5. The predicted molar refractivity (Wildman–Crippen MR) is 142 cm³/mol. The van der Waals surface area contributed by atoms with Crippen LogP contribution in [0, 0.1) is 0 Å². The van der Waals surface area contributed by atoms with Gasteiger partial charge in [-0.2, -0.15) is 0 Å². The van der Waals surface area contributed by atoms with Gasteiger partial charge in [-0.1, -0.05) is 6.07 Å². The summed E-state index contributed by atoms with van der Waals surface area (Å²) in [6.07, 6.45) is -0.368. The van der Waals surface area contributed by atoms with Crippen LogP contribution in [0.15, 0.2) is 48.5 Å². The van der Waals surface area contributed by atoms with Crippen LogP contribution in [0.4, 0.5) is 26.8 Å². The van der Waals surface area contributed by atoms with Crippen molar-refractivity contribution in [2.45, 2.75) is 33.0 Å². The molecule has 0 aliphatic carbocycles. The Hall–Kier alpha value is -4.38. The number of ether oxygens (including phenoxy) is 2. The lowest BCUT2D eigenvalue weighted by atomic mass is 10.1. The summed E-state index contributed by atoms with van der Waals surface area (Å²) in [6, 6.07) is 13.3. The van der Waals surface area contributed by atoms with E-state index in [1.54, 1.807) is 36.1 Å². The fourth-order valence-corrected chi connectivity index (χ4v) is 4.57. The van der Waals surface area contributed by atoms with E-state index in [9.17, 15) is 14.7 Å². The van der Waals surface area contributed by atoms with Gasteiger partial charge in [-0.05, 0) is 50.2 Å². The van der Waals surface area contributed by atoms with E-state index in [1.807, 2.05) is 12.1 Å². The van der Waals surface area contributed by atoms with Crippen LogP contribution in [-0.2, 0) is 22.6 Å². The Kier molecular flexibility index (Phi) is 7.27. The summed E-state index contributed by atoms with van der Waals surface area (Å²) in [4.78, 5) is 38.4. The molecule has 5 rings (SSSR count). The zero-order valence-electron chi connectivity index (χ0n) is 21.3. The third-order valence-electron chi connectivity index (χ3n) is 6.43. The highest BCUT2D eigenvalue weighted by Gasteiger charge is 2.33. The maximum Gasteiger partial charge on any atom is 0.410 e. The topological polar surface area (TPSA) is 129 Å². The summed E-state index contributed by atoms with van der Waals surface area (Å²) in [7, 11) is 0. The van der Waals surface area contributed by atoms with E-state index < -0.39 is 6.03 Å². The second-order valence-electron chi connectivity index (χ2n) is 9.18. The van der Waals surface area contributed by atoms with Gasteiger partial charge in [0.15, 0.2) is 5.82 Å². The fraction of sp³-hybridized carbons (Fsp3) is 0.333. The number of carbonyl (C=O) groups is 2. The number of phenolic OH excluding ortho intramolecular Hbond substituents is 1. The van der Waals surface area contributed by atoms with E-state index in [1.165, 1.54) is 12.1 Å². The van der Waals surface area contributed by atoms with Gasteiger partial charge in [0.25, 0.3) is 0 Å². The lowest BCUT2D eigenvalue weighted by Gasteiger charge is -2.35. The smallest absolute Gasteiger partial charge is 0.410 e. The number of aromatic nitrogens is 2.